The second-order valence-corrected chi connectivity index (χ2v) is 8.77. The summed E-state index contributed by atoms with van der Waals surface area (Å²) in [5.74, 6) is 0.242. The van der Waals surface area contributed by atoms with Crippen LogP contribution in [0, 0.1) is 0 Å². The Morgan fingerprint density at radius 1 is 0.806 bits per heavy atom. The molecular formula is C26H25NO3S. The molecule has 0 radical (unpaired) electrons. The molecule has 1 N–H and O–H groups in total. The van der Waals surface area contributed by atoms with Gasteiger partial charge < -0.3 is 4.74 Å². The maximum atomic E-state index is 11.7. The standard InChI is InChI=1S/C26H25NO3S/c28-24-19-23(25(29)27-24)30-17-10-18-31-26(20-11-4-1-5-12-20,21-13-6-2-7-14-21)22-15-8-3-9-16-22/h1-9,11-16,23H,10,17-19H2,(H,27,28,29). The van der Waals surface area contributed by atoms with Gasteiger partial charge >= 0.3 is 0 Å². The topological polar surface area (TPSA) is 55.4 Å². The number of imide groups is 1. The Balaban J connectivity index is 1.57. The largest absolute Gasteiger partial charge is 0.368 e. The summed E-state index contributed by atoms with van der Waals surface area (Å²) < 4.78 is 5.31. The fourth-order valence-electron chi connectivity index (χ4n) is 3.94. The molecule has 0 bridgehead atoms. The maximum absolute atomic E-state index is 11.7. The molecule has 1 unspecified atom stereocenters. The zero-order valence-corrected chi connectivity index (χ0v) is 18.0. The number of amides is 2. The van der Waals surface area contributed by atoms with Gasteiger partial charge in [-0.25, -0.2) is 0 Å². The van der Waals surface area contributed by atoms with Crippen LogP contribution >= 0.6 is 11.8 Å². The lowest BCUT2D eigenvalue weighted by molar-refractivity contribution is -0.129. The van der Waals surface area contributed by atoms with E-state index in [4.69, 9.17) is 4.74 Å². The predicted molar refractivity (Wildman–Crippen MR) is 124 cm³/mol. The summed E-state index contributed by atoms with van der Waals surface area (Å²) in [5, 5.41) is 2.29. The van der Waals surface area contributed by atoms with E-state index in [1.807, 2.05) is 30.0 Å². The molecule has 4 rings (SSSR count). The van der Waals surface area contributed by atoms with Crippen LogP contribution in [0.2, 0.25) is 0 Å². The molecule has 3 aromatic carbocycles. The summed E-state index contributed by atoms with van der Waals surface area (Å²) in [6.45, 7) is 0.437. The van der Waals surface area contributed by atoms with E-state index in [1.54, 1.807) is 0 Å². The van der Waals surface area contributed by atoms with E-state index in [0.717, 1.165) is 12.2 Å². The van der Waals surface area contributed by atoms with E-state index in [2.05, 4.69) is 78.1 Å². The van der Waals surface area contributed by atoms with Gasteiger partial charge in [-0.3, -0.25) is 14.9 Å². The Morgan fingerprint density at radius 2 is 1.29 bits per heavy atom. The van der Waals surface area contributed by atoms with Crippen molar-refractivity contribution in [2.24, 2.45) is 0 Å². The van der Waals surface area contributed by atoms with Gasteiger partial charge in [0.15, 0.2) is 0 Å². The van der Waals surface area contributed by atoms with Gasteiger partial charge in [-0.05, 0) is 28.9 Å². The fourth-order valence-corrected chi connectivity index (χ4v) is 5.42. The van der Waals surface area contributed by atoms with E-state index in [1.165, 1.54) is 16.7 Å². The van der Waals surface area contributed by atoms with Crippen LogP contribution < -0.4 is 5.32 Å². The molecule has 1 fully saturated rings. The second-order valence-electron chi connectivity index (χ2n) is 7.46. The van der Waals surface area contributed by atoms with E-state index in [0.29, 0.717) is 6.61 Å². The molecule has 0 aromatic heterocycles. The van der Waals surface area contributed by atoms with Gasteiger partial charge in [0.2, 0.25) is 5.91 Å². The van der Waals surface area contributed by atoms with Gasteiger partial charge in [0.1, 0.15) is 6.10 Å². The highest BCUT2D eigenvalue weighted by molar-refractivity contribution is 8.00. The second kappa shape index (κ2) is 9.94. The predicted octanol–water partition coefficient (Wildman–Crippen LogP) is 4.53. The van der Waals surface area contributed by atoms with Crippen molar-refractivity contribution in [1.29, 1.82) is 0 Å². The summed E-state index contributed by atoms with van der Waals surface area (Å²) in [7, 11) is 0. The minimum absolute atomic E-state index is 0.119. The average molecular weight is 432 g/mol. The van der Waals surface area contributed by atoms with Crippen LogP contribution in [0.3, 0.4) is 0 Å². The minimum atomic E-state index is -0.653. The number of ether oxygens (including phenoxy) is 1. The van der Waals surface area contributed by atoms with Crippen LogP contribution in [-0.2, 0) is 19.1 Å². The van der Waals surface area contributed by atoms with E-state index < -0.39 is 6.10 Å². The van der Waals surface area contributed by atoms with E-state index in [9.17, 15) is 9.59 Å². The van der Waals surface area contributed by atoms with Crippen molar-refractivity contribution in [2.75, 3.05) is 12.4 Å². The van der Waals surface area contributed by atoms with Crippen molar-refractivity contribution in [1.82, 2.24) is 5.32 Å². The quantitative estimate of drug-likeness (QED) is 0.307. The fraction of sp³-hybridized carbons (Fsp3) is 0.231. The SMILES string of the molecule is O=C1CC(OCCCSC(c2ccccc2)(c2ccccc2)c2ccccc2)C(=O)N1. The molecule has 31 heavy (non-hydrogen) atoms. The highest BCUT2D eigenvalue weighted by Crippen LogP contribution is 2.48. The highest BCUT2D eigenvalue weighted by Gasteiger charge is 2.36. The highest BCUT2D eigenvalue weighted by atomic mass is 32.2. The summed E-state index contributed by atoms with van der Waals surface area (Å²) in [6, 6.07) is 31.7. The molecule has 1 aliphatic rings. The first-order valence-electron chi connectivity index (χ1n) is 10.5. The summed E-state index contributed by atoms with van der Waals surface area (Å²) in [4.78, 5) is 23.0. The van der Waals surface area contributed by atoms with Crippen molar-refractivity contribution in [3.63, 3.8) is 0 Å². The molecule has 2 amide bonds. The molecule has 1 atom stereocenters. The van der Waals surface area contributed by atoms with Gasteiger partial charge in [0.25, 0.3) is 5.91 Å². The van der Waals surface area contributed by atoms with Gasteiger partial charge in [-0.15, -0.1) is 11.8 Å². The zero-order chi connectivity index (χ0) is 21.5. The average Bonchev–Trinajstić information content (AvgIpc) is 3.15. The minimum Gasteiger partial charge on any atom is -0.368 e. The third kappa shape index (κ3) is 4.73. The maximum Gasteiger partial charge on any atom is 0.256 e. The molecule has 158 valence electrons. The lowest BCUT2D eigenvalue weighted by atomic mass is 9.84. The van der Waals surface area contributed by atoms with Crippen LogP contribution in [-0.4, -0.2) is 30.3 Å². The first kappa shape index (κ1) is 21.3. The Hall–Kier alpha value is -2.89. The lowest BCUT2D eigenvalue weighted by Crippen LogP contribution is -2.27. The number of hydrogen-bond donors (Lipinski definition) is 1. The Kier molecular flexibility index (Phi) is 6.85. The first-order chi connectivity index (χ1) is 15.2. The van der Waals surface area contributed by atoms with E-state index in [-0.39, 0.29) is 23.0 Å². The van der Waals surface area contributed by atoms with Crippen molar-refractivity contribution >= 4 is 23.6 Å². The number of rotatable bonds is 9. The lowest BCUT2D eigenvalue weighted by Gasteiger charge is -2.35. The van der Waals surface area contributed by atoms with Crippen LogP contribution in [0.15, 0.2) is 91.0 Å². The number of nitrogens with one attached hydrogen (secondary N) is 1. The summed E-state index contributed by atoms with van der Waals surface area (Å²) in [5.41, 5.74) is 3.66. The Labute approximate surface area is 187 Å². The Morgan fingerprint density at radius 3 is 1.71 bits per heavy atom. The van der Waals surface area contributed by atoms with Gasteiger partial charge in [-0.2, -0.15) is 0 Å². The summed E-state index contributed by atoms with van der Waals surface area (Å²) >= 11 is 1.86. The molecule has 0 spiro atoms. The third-order valence-electron chi connectivity index (χ3n) is 5.39. The molecule has 3 aromatic rings. The molecule has 0 saturated carbocycles. The van der Waals surface area contributed by atoms with Crippen LogP contribution in [0.25, 0.3) is 0 Å². The summed E-state index contributed by atoms with van der Waals surface area (Å²) in [6.07, 6.45) is 0.241. The number of carbonyl (C=O) groups excluding carboxylic acids is 2. The molecule has 1 heterocycles. The number of thioether (sulfide) groups is 1. The molecule has 0 aliphatic carbocycles. The number of hydrogen-bond acceptors (Lipinski definition) is 4. The molecule has 4 nitrogen and oxygen atoms in total. The molecule has 1 saturated heterocycles. The normalized spacial score (nSPS) is 16.3. The van der Waals surface area contributed by atoms with Crippen LogP contribution in [0.5, 0.6) is 0 Å². The van der Waals surface area contributed by atoms with Crippen molar-refractivity contribution < 1.29 is 14.3 Å². The molecule has 5 heteroatoms. The number of benzene rings is 3. The van der Waals surface area contributed by atoms with Crippen molar-refractivity contribution in [3.8, 4) is 0 Å². The number of carbonyl (C=O) groups is 2. The third-order valence-corrected chi connectivity index (χ3v) is 7.03. The van der Waals surface area contributed by atoms with Crippen LogP contribution in [0.1, 0.15) is 29.5 Å². The molecular weight excluding hydrogens is 406 g/mol. The van der Waals surface area contributed by atoms with Gasteiger partial charge in [-0.1, -0.05) is 91.0 Å². The van der Waals surface area contributed by atoms with Crippen molar-refractivity contribution in [2.45, 2.75) is 23.7 Å². The van der Waals surface area contributed by atoms with E-state index >= 15 is 0 Å². The monoisotopic (exact) mass is 431 g/mol. The van der Waals surface area contributed by atoms with Crippen molar-refractivity contribution in [3.05, 3.63) is 108 Å². The Bertz CT molecular complexity index is 912. The van der Waals surface area contributed by atoms with Crippen LogP contribution in [0.4, 0.5) is 0 Å². The van der Waals surface area contributed by atoms with Gasteiger partial charge in [0.05, 0.1) is 11.2 Å². The van der Waals surface area contributed by atoms with Gasteiger partial charge in [0, 0.05) is 6.61 Å². The smallest absolute Gasteiger partial charge is 0.256 e. The first-order valence-corrected chi connectivity index (χ1v) is 11.4. The molecule has 1 aliphatic heterocycles. The zero-order valence-electron chi connectivity index (χ0n) is 17.2.